The highest BCUT2D eigenvalue weighted by Gasteiger charge is 2.22. The second-order valence-electron chi connectivity index (χ2n) is 6.44. The Bertz CT molecular complexity index is 494. The average Bonchev–Trinajstić information content (AvgIpc) is 2.69. The molecule has 1 aliphatic carbocycles. The molecule has 0 fully saturated rings. The van der Waals surface area contributed by atoms with E-state index in [2.05, 4.69) is 10.6 Å². The van der Waals surface area contributed by atoms with Gasteiger partial charge in [-0.25, -0.2) is 4.39 Å². The molecule has 1 atom stereocenters. The van der Waals surface area contributed by atoms with Gasteiger partial charge in [-0.05, 0) is 56.9 Å². The fraction of sp³-hybridized carbons (Fsp3) is 0.562. The lowest BCUT2D eigenvalue weighted by atomic mass is 10.1. The van der Waals surface area contributed by atoms with Crippen molar-refractivity contribution in [1.82, 2.24) is 10.6 Å². The predicted octanol–water partition coefficient (Wildman–Crippen LogP) is 2.71. The van der Waals surface area contributed by atoms with Gasteiger partial charge in [-0.3, -0.25) is 4.79 Å². The molecule has 20 heavy (non-hydrogen) atoms. The van der Waals surface area contributed by atoms with Crippen LogP contribution < -0.4 is 10.6 Å². The van der Waals surface area contributed by atoms with Crippen molar-refractivity contribution in [3.8, 4) is 0 Å². The maximum absolute atomic E-state index is 13.1. The lowest BCUT2D eigenvalue weighted by molar-refractivity contribution is -0.122. The fourth-order valence-electron chi connectivity index (χ4n) is 2.64. The molecular formula is C16H23FN2O. The van der Waals surface area contributed by atoms with Crippen LogP contribution in [0.1, 0.15) is 50.8 Å². The van der Waals surface area contributed by atoms with Crippen molar-refractivity contribution >= 4 is 5.91 Å². The van der Waals surface area contributed by atoms with Crippen molar-refractivity contribution in [2.24, 2.45) is 0 Å². The summed E-state index contributed by atoms with van der Waals surface area (Å²) in [6, 6.07) is 5.21. The van der Waals surface area contributed by atoms with Crippen LogP contribution in [0.25, 0.3) is 0 Å². The summed E-state index contributed by atoms with van der Waals surface area (Å²) in [6.07, 6.45) is 2.34. The third kappa shape index (κ3) is 4.04. The Labute approximate surface area is 120 Å². The summed E-state index contributed by atoms with van der Waals surface area (Å²) in [5.41, 5.74) is 2.07. The number of carbonyl (C=O) groups excluding carboxylic acids is 1. The number of carbonyl (C=O) groups is 1. The monoisotopic (exact) mass is 278 g/mol. The molecule has 1 aliphatic rings. The molecule has 0 spiro atoms. The fourth-order valence-corrected chi connectivity index (χ4v) is 2.64. The van der Waals surface area contributed by atoms with E-state index >= 15 is 0 Å². The zero-order chi connectivity index (χ0) is 14.8. The van der Waals surface area contributed by atoms with Gasteiger partial charge < -0.3 is 10.6 Å². The normalized spacial score (nSPS) is 17.9. The Morgan fingerprint density at radius 3 is 2.85 bits per heavy atom. The molecule has 110 valence electrons. The van der Waals surface area contributed by atoms with Gasteiger partial charge in [-0.2, -0.15) is 0 Å². The summed E-state index contributed by atoms with van der Waals surface area (Å²) in [5.74, 6) is -0.115. The molecule has 0 heterocycles. The van der Waals surface area contributed by atoms with Crippen LogP contribution >= 0.6 is 0 Å². The van der Waals surface area contributed by atoms with Gasteiger partial charge in [0.05, 0.1) is 0 Å². The van der Waals surface area contributed by atoms with Crippen LogP contribution in [0, 0.1) is 5.82 Å². The highest BCUT2D eigenvalue weighted by molar-refractivity contribution is 5.76. The first kappa shape index (κ1) is 15.0. The summed E-state index contributed by atoms with van der Waals surface area (Å²) in [4.78, 5) is 11.7. The molecule has 1 amide bonds. The van der Waals surface area contributed by atoms with Gasteiger partial charge in [-0.15, -0.1) is 0 Å². The van der Waals surface area contributed by atoms with Crippen LogP contribution in [-0.2, 0) is 11.2 Å². The lowest BCUT2D eigenvalue weighted by Gasteiger charge is -2.21. The zero-order valence-electron chi connectivity index (χ0n) is 12.4. The summed E-state index contributed by atoms with van der Waals surface area (Å²) in [7, 11) is 0. The first-order valence-corrected chi connectivity index (χ1v) is 7.18. The molecule has 0 saturated heterocycles. The molecule has 0 radical (unpaired) electrons. The Balaban J connectivity index is 1.81. The minimum atomic E-state index is -0.186. The van der Waals surface area contributed by atoms with E-state index < -0.39 is 0 Å². The summed E-state index contributed by atoms with van der Waals surface area (Å²) < 4.78 is 13.1. The van der Waals surface area contributed by atoms with Crippen LogP contribution in [0.3, 0.4) is 0 Å². The Morgan fingerprint density at radius 2 is 2.15 bits per heavy atom. The molecule has 4 heteroatoms. The maximum Gasteiger partial charge on any atom is 0.221 e. The molecule has 0 bridgehead atoms. The Morgan fingerprint density at radius 1 is 1.40 bits per heavy atom. The molecule has 0 aromatic heterocycles. The summed E-state index contributed by atoms with van der Waals surface area (Å²) in [6.45, 7) is 6.56. The molecule has 1 aromatic carbocycles. The van der Waals surface area contributed by atoms with Gasteiger partial charge >= 0.3 is 0 Å². The van der Waals surface area contributed by atoms with Gasteiger partial charge in [-0.1, -0.05) is 6.07 Å². The first-order chi connectivity index (χ1) is 9.35. The molecule has 2 N–H and O–H groups in total. The average molecular weight is 278 g/mol. The standard InChI is InChI=1S/C16H23FN2O/c1-16(2,3)19-15(20)8-9-18-14-7-4-11-10-12(17)5-6-13(11)14/h5-6,10,14,18H,4,7-9H2,1-3H3,(H,19,20). The van der Waals surface area contributed by atoms with Crippen LogP contribution in [0.4, 0.5) is 4.39 Å². The SMILES string of the molecule is CC(C)(C)NC(=O)CCNC1CCc2cc(F)ccc21. The van der Waals surface area contributed by atoms with Crippen LogP contribution in [-0.4, -0.2) is 18.0 Å². The minimum Gasteiger partial charge on any atom is -0.351 e. The Hall–Kier alpha value is -1.42. The van der Waals surface area contributed by atoms with Crippen molar-refractivity contribution in [1.29, 1.82) is 0 Å². The van der Waals surface area contributed by atoms with Gasteiger partial charge in [0.2, 0.25) is 5.91 Å². The van der Waals surface area contributed by atoms with Crippen molar-refractivity contribution in [3.05, 3.63) is 35.1 Å². The second kappa shape index (κ2) is 5.92. The second-order valence-corrected chi connectivity index (χ2v) is 6.44. The maximum atomic E-state index is 13.1. The van der Waals surface area contributed by atoms with E-state index in [9.17, 15) is 9.18 Å². The quantitative estimate of drug-likeness (QED) is 0.889. The predicted molar refractivity (Wildman–Crippen MR) is 78.0 cm³/mol. The number of aryl methyl sites for hydroxylation is 1. The molecule has 0 saturated carbocycles. The lowest BCUT2D eigenvalue weighted by Crippen LogP contribution is -2.41. The number of benzene rings is 1. The van der Waals surface area contributed by atoms with E-state index in [-0.39, 0.29) is 23.3 Å². The van der Waals surface area contributed by atoms with Crippen LogP contribution in [0.5, 0.6) is 0 Å². The van der Waals surface area contributed by atoms with E-state index in [1.807, 2.05) is 26.8 Å². The van der Waals surface area contributed by atoms with Crippen LogP contribution in [0.2, 0.25) is 0 Å². The summed E-state index contributed by atoms with van der Waals surface area (Å²) >= 11 is 0. The van der Waals surface area contributed by atoms with Crippen LogP contribution in [0.15, 0.2) is 18.2 Å². The number of halogens is 1. The van der Waals surface area contributed by atoms with E-state index in [4.69, 9.17) is 0 Å². The summed E-state index contributed by atoms with van der Waals surface area (Å²) in [5, 5.41) is 6.33. The number of fused-ring (bicyclic) bond motifs is 1. The van der Waals surface area contributed by atoms with Gasteiger partial charge in [0, 0.05) is 24.5 Å². The third-order valence-corrected chi connectivity index (χ3v) is 3.44. The molecular weight excluding hydrogens is 255 g/mol. The highest BCUT2D eigenvalue weighted by Crippen LogP contribution is 2.31. The number of rotatable bonds is 4. The van der Waals surface area contributed by atoms with Gasteiger partial charge in [0.15, 0.2) is 0 Å². The number of hydrogen-bond acceptors (Lipinski definition) is 2. The minimum absolute atomic E-state index is 0.0577. The largest absolute Gasteiger partial charge is 0.351 e. The van der Waals surface area contributed by atoms with Gasteiger partial charge in [0.1, 0.15) is 5.82 Å². The molecule has 1 aromatic rings. The topological polar surface area (TPSA) is 41.1 Å². The van der Waals surface area contributed by atoms with Crippen molar-refractivity contribution < 1.29 is 9.18 Å². The van der Waals surface area contributed by atoms with E-state index in [1.54, 1.807) is 6.07 Å². The van der Waals surface area contributed by atoms with Gasteiger partial charge in [0.25, 0.3) is 0 Å². The van der Waals surface area contributed by atoms with Crippen molar-refractivity contribution in [2.45, 2.75) is 51.6 Å². The Kier molecular flexibility index (Phi) is 4.43. The number of hydrogen-bond donors (Lipinski definition) is 2. The van der Waals surface area contributed by atoms with E-state index in [0.717, 1.165) is 18.4 Å². The van der Waals surface area contributed by atoms with E-state index in [0.29, 0.717) is 13.0 Å². The zero-order valence-corrected chi connectivity index (χ0v) is 12.4. The number of nitrogens with one attached hydrogen (secondary N) is 2. The van der Waals surface area contributed by atoms with E-state index in [1.165, 1.54) is 11.6 Å². The molecule has 0 aliphatic heterocycles. The van der Waals surface area contributed by atoms with Crippen molar-refractivity contribution in [2.75, 3.05) is 6.54 Å². The molecule has 1 unspecified atom stereocenters. The molecule has 2 rings (SSSR count). The first-order valence-electron chi connectivity index (χ1n) is 7.18. The smallest absolute Gasteiger partial charge is 0.221 e. The number of amides is 1. The van der Waals surface area contributed by atoms with Crippen molar-refractivity contribution in [3.63, 3.8) is 0 Å². The third-order valence-electron chi connectivity index (χ3n) is 3.44. The molecule has 3 nitrogen and oxygen atoms in total. The highest BCUT2D eigenvalue weighted by atomic mass is 19.1.